The third-order valence-electron chi connectivity index (χ3n) is 3.96. The molecule has 0 saturated heterocycles. The number of primary amides is 1. The van der Waals surface area contributed by atoms with Gasteiger partial charge in [-0.25, -0.2) is 0 Å². The van der Waals surface area contributed by atoms with Crippen LogP contribution in [0.25, 0.3) is 0 Å². The molecule has 0 spiro atoms. The molecule has 108 valence electrons. The molecule has 0 aliphatic carbocycles. The Morgan fingerprint density at radius 1 is 1.28 bits per heavy atom. The zero-order chi connectivity index (χ0) is 14.3. The van der Waals surface area contributed by atoms with Gasteiger partial charge in [0.25, 0.3) is 0 Å². The van der Waals surface area contributed by atoms with Crippen molar-refractivity contribution in [2.24, 2.45) is 17.4 Å². The van der Waals surface area contributed by atoms with Gasteiger partial charge in [0.05, 0.1) is 5.54 Å². The summed E-state index contributed by atoms with van der Waals surface area (Å²) in [7, 11) is 0. The van der Waals surface area contributed by atoms with Crippen LogP contribution in [0.2, 0.25) is 0 Å². The molecule has 0 saturated carbocycles. The number of carbonyl (C=O) groups excluding carboxylic acids is 1. The van der Waals surface area contributed by atoms with Crippen LogP contribution in [0, 0.1) is 5.92 Å². The molecule has 0 bridgehead atoms. The summed E-state index contributed by atoms with van der Waals surface area (Å²) in [6.07, 6.45) is 2.99. The Balaban J connectivity index is 4.52. The number of hydrogen-bond donors (Lipinski definition) is 2. The molecule has 0 aromatic rings. The monoisotopic (exact) mass is 257 g/mol. The van der Waals surface area contributed by atoms with Gasteiger partial charge in [0, 0.05) is 12.6 Å². The van der Waals surface area contributed by atoms with Crippen LogP contribution in [0.3, 0.4) is 0 Å². The van der Waals surface area contributed by atoms with Crippen molar-refractivity contribution < 1.29 is 4.79 Å². The zero-order valence-corrected chi connectivity index (χ0v) is 12.7. The predicted octanol–water partition coefficient (Wildman–Crippen LogP) is 1.73. The Morgan fingerprint density at radius 2 is 1.78 bits per heavy atom. The van der Waals surface area contributed by atoms with Crippen LogP contribution < -0.4 is 11.5 Å². The predicted molar refractivity (Wildman–Crippen MR) is 77.2 cm³/mol. The normalized spacial score (nSPS) is 16.9. The second-order valence-electron chi connectivity index (χ2n) is 5.60. The first kappa shape index (κ1) is 17.4. The molecule has 18 heavy (non-hydrogen) atoms. The maximum Gasteiger partial charge on any atom is 0.237 e. The highest BCUT2D eigenvalue weighted by molar-refractivity contribution is 5.83. The maximum atomic E-state index is 11.3. The topological polar surface area (TPSA) is 72.3 Å². The minimum Gasteiger partial charge on any atom is -0.368 e. The molecular weight excluding hydrogens is 226 g/mol. The lowest BCUT2D eigenvalue weighted by atomic mass is 9.92. The van der Waals surface area contributed by atoms with Gasteiger partial charge in [-0.15, -0.1) is 0 Å². The zero-order valence-electron chi connectivity index (χ0n) is 12.7. The van der Waals surface area contributed by atoms with Crippen molar-refractivity contribution in [3.63, 3.8) is 0 Å². The summed E-state index contributed by atoms with van der Waals surface area (Å²) in [6.45, 7) is 12.5. The highest BCUT2D eigenvalue weighted by Crippen LogP contribution is 2.17. The number of carbonyl (C=O) groups is 1. The molecule has 4 heteroatoms. The van der Waals surface area contributed by atoms with Crippen LogP contribution in [0.1, 0.15) is 53.9 Å². The van der Waals surface area contributed by atoms with Gasteiger partial charge in [-0.1, -0.05) is 33.6 Å². The smallest absolute Gasteiger partial charge is 0.237 e. The summed E-state index contributed by atoms with van der Waals surface area (Å²) < 4.78 is 0. The fourth-order valence-corrected chi connectivity index (χ4v) is 2.34. The minimum absolute atomic E-state index is 0.276. The van der Waals surface area contributed by atoms with E-state index in [9.17, 15) is 4.79 Å². The lowest BCUT2D eigenvalue weighted by molar-refractivity contribution is -0.123. The second kappa shape index (κ2) is 7.74. The van der Waals surface area contributed by atoms with Gasteiger partial charge in [-0.3, -0.25) is 4.79 Å². The van der Waals surface area contributed by atoms with Gasteiger partial charge < -0.3 is 16.4 Å². The van der Waals surface area contributed by atoms with E-state index in [4.69, 9.17) is 11.5 Å². The van der Waals surface area contributed by atoms with Crippen LogP contribution in [0.4, 0.5) is 0 Å². The lowest BCUT2D eigenvalue weighted by Crippen LogP contribution is -2.53. The second-order valence-corrected chi connectivity index (χ2v) is 5.60. The largest absolute Gasteiger partial charge is 0.368 e. The van der Waals surface area contributed by atoms with Crippen LogP contribution >= 0.6 is 0 Å². The van der Waals surface area contributed by atoms with Gasteiger partial charge in [0.15, 0.2) is 0 Å². The third kappa shape index (κ3) is 5.36. The first-order chi connectivity index (χ1) is 8.28. The quantitative estimate of drug-likeness (QED) is 0.660. The van der Waals surface area contributed by atoms with Crippen LogP contribution in [0.5, 0.6) is 0 Å². The molecule has 2 atom stereocenters. The standard InChI is InChI=1S/C14H31N3O/c1-6-12(7-2)10-17(8-3)11(4)9-14(5,16)13(15)18/h11-12H,6-10,16H2,1-5H3,(H2,15,18). The highest BCUT2D eigenvalue weighted by Gasteiger charge is 2.30. The molecule has 4 nitrogen and oxygen atoms in total. The molecule has 1 amide bonds. The van der Waals surface area contributed by atoms with Crippen molar-refractivity contribution in [1.29, 1.82) is 0 Å². The van der Waals surface area contributed by atoms with Gasteiger partial charge in [0.2, 0.25) is 5.91 Å². The molecule has 0 aliphatic heterocycles. The van der Waals surface area contributed by atoms with E-state index < -0.39 is 11.4 Å². The van der Waals surface area contributed by atoms with E-state index in [1.54, 1.807) is 6.92 Å². The van der Waals surface area contributed by atoms with Gasteiger partial charge >= 0.3 is 0 Å². The van der Waals surface area contributed by atoms with Crippen molar-refractivity contribution in [3.8, 4) is 0 Å². The van der Waals surface area contributed by atoms with Crippen molar-refractivity contribution in [3.05, 3.63) is 0 Å². The van der Waals surface area contributed by atoms with E-state index in [1.165, 1.54) is 12.8 Å². The summed E-state index contributed by atoms with van der Waals surface area (Å²) in [5, 5.41) is 0. The number of rotatable bonds is 9. The first-order valence-corrected chi connectivity index (χ1v) is 7.11. The Labute approximate surface area is 112 Å². The molecule has 0 aliphatic rings. The maximum absolute atomic E-state index is 11.3. The van der Waals surface area contributed by atoms with Gasteiger partial charge in [-0.2, -0.15) is 0 Å². The van der Waals surface area contributed by atoms with E-state index in [0.29, 0.717) is 12.3 Å². The molecule has 0 rings (SSSR count). The molecule has 0 heterocycles. The fraction of sp³-hybridized carbons (Fsp3) is 0.929. The average molecular weight is 257 g/mol. The van der Waals surface area contributed by atoms with Crippen molar-refractivity contribution in [1.82, 2.24) is 4.90 Å². The van der Waals surface area contributed by atoms with Gasteiger partial charge in [-0.05, 0) is 32.7 Å². The molecule has 4 N–H and O–H groups in total. The molecule has 2 unspecified atom stereocenters. The summed E-state index contributed by atoms with van der Waals surface area (Å²) in [6, 6.07) is 0.276. The summed E-state index contributed by atoms with van der Waals surface area (Å²) in [4.78, 5) is 13.7. The Bertz CT molecular complexity index is 249. The Kier molecular flexibility index (Phi) is 7.48. The van der Waals surface area contributed by atoms with E-state index in [-0.39, 0.29) is 6.04 Å². The number of hydrogen-bond acceptors (Lipinski definition) is 3. The van der Waals surface area contributed by atoms with E-state index in [1.807, 2.05) is 0 Å². The molecule has 0 aromatic carbocycles. The third-order valence-corrected chi connectivity index (χ3v) is 3.96. The Morgan fingerprint density at radius 3 is 2.11 bits per heavy atom. The molecule has 0 radical (unpaired) electrons. The van der Waals surface area contributed by atoms with E-state index in [2.05, 4.69) is 32.6 Å². The SMILES string of the molecule is CCC(CC)CN(CC)C(C)CC(C)(N)C(N)=O. The van der Waals surface area contributed by atoms with Crippen molar-refractivity contribution >= 4 is 5.91 Å². The summed E-state index contributed by atoms with van der Waals surface area (Å²) in [5.41, 5.74) is 10.4. The van der Waals surface area contributed by atoms with Crippen molar-refractivity contribution in [2.75, 3.05) is 13.1 Å². The first-order valence-electron chi connectivity index (χ1n) is 7.11. The minimum atomic E-state index is -0.916. The summed E-state index contributed by atoms with van der Waals surface area (Å²) >= 11 is 0. The lowest BCUT2D eigenvalue weighted by Gasteiger charge is -2.34. The average Bonchev–Trinajstić information content (AvgIpc) is 2.29. The van der Waals surface area contributed by atoms with Crippen LogP contribution in [-0.4, -0.2) is 35.5 Å². The van der Waals surface area contributed by atoms with E-state index >= 15 is 0 Å². The number of nitrogens with two attached hydrogens (primary N) is 2. The number of nitrogens with zero attached hydrogens (tertiary/aromatic N) is 1. The Hall–Kier alpha value is -0.610. The molecule has 0 fully saturated rings. The van der Waals surface area contributed by atoms with Crippen LogP contribution in [-0.2, 0) is 4.79 Å². The van der Waals surface area contributed by atoms with Crippen LogP contribution in [0.15, 0.2) is 0 Å². The molecular formula is C14H31N3O. The number of amides is 1. The highest BCUT2D eigenvalue weighted by atomic mass is 16.1. The molecule has 0 aromatic heterocycles. The summed E-state index contributed by atoms with van der Waals surface area (Å²) in [5.74, 6) is 0.290. The fourth-order valence-electron chi connectivity index (χ4n) is 2.34. The van der Waals surface area contributed by atoms with E-state index in [0.717, 1.165) is 13.1 Å². The van der Waals surface area contributed by atoms with Crippen molar-refractivity contribution in [2.45, 2.75) is 65.5 Å². The van der Waals surface area contributed by atoms with Gasteiger partial charge in [0.1, 0.15) is 0 Å².